The Bertz CT molecular complexity index is 379. The van der Waals surface area contributed by atoms with E-state index < -0.39 is 5.97 Å². The minimum atomic E-state index is -0.734. The molecule has 4 heteroatoms. The molecular formula is C13H21NO2S. The van der Waals surface area contributed by atoms with Gasteiger partial charge in [-0.15, -0.1) is 11.3 Å². The summed E-state index contributed by atoms with van der Waals surface area (Å²) in [5.74, 6) is -0.734. The highest BCUT2D eigenvalue weighted by molar-refractivity contribution is 7.10. The van der Waals surface area contributed by atoms with Gasteiger partial charge in [-0.2, -0.15) is 0 Å². The average molecular weight is 255 g/mol. The first-order valence-corrected chi connectivity index (χ1v) is 6.68. The van der Waals surface area contributed by atoms with Crippen LogP contribution >= 0.6 is 11.3 Å². The summed E-state index contributed by atoms with van der Waals surface area (Å²) in [6.07, 6.45) is 0.196. The van der Waals surface area contributed by atoms with E-state index in [1.54, 1.807) is 11.3 Å². The second kappa shape index (κ2) is 5.65. The van der Waals surface area contributed by atoms with E-state index in [1.807, 2.05) is 0 Å². The number of nitrogens with zero attached hydrogens (tertiary/aromatic N) is 1. The van der Waals surface area contributed by atoms with Crippen LogP contribution in [0, 0.1) is 6.92 Å². The van der Waals surface area contributed by atoms with E-state index in [0.29, 0.717) is 6.54 Å². The van der Waals surface area contributed by atoms with E-state index in [0.717, 1.165) is 6.54 Å². The fraction of sp³-hybridized carbons (Fsp3) is 0.615. The zero-order chi connectivity index (χ0) is 13.1. The quantitative estimate of drug-likeness (QED) is 0.878. The van der Waals surface area contributed by atoms with Gasteiger partial charge in [0.25, 0.3) is 0 Å². The number of hydrogen-bond donors (Lipinski definition) is 1. The molecule has 0 bridgehead atoms. The van der Waals surface area contributed by atoms with E-state index in [4.69, 9.17) is 5.11 Å². The first kappa shape index (κ1) is 14.2. The van der Waals surface area contributed by atoms with Crippen molar-refractivity contribution >= 4 is 17.3 Å². The summed E-state index contributed by atoms with van der Waals surface area (Å²) in [7, 11) is 0. The van der Waals surface area contributed by atoms with Crippen molar-refractivity contribution in [2.75, 3.05) is 6.54 Å². The van der Waals surface area contributed by atoms with Gasteiger partial charge in [-0.25, -0.2) is 0 Å². The molecule has 0 spiro atoms. The summed E-state index contributed by atoms with van der Waals surface area (Å²) in [6, 6.07) is 2.11. The van der Waals surface area contributed by atoms with Crippen LogP contribution in [0.4, 0.5) is 0 Å². The molecule has 0 aliphatic heterocycles. The van der Waals surface area contributed by atoms with Gasteiger partial charge in [-0.05, 0) is 44.7 Å². The molecule has 1 aromatic heterocycles. The van der Waals surface area contributed by atoms with Crippen molar-refractivity contribution in [3.05, 3.63) is 21.9 Å². The molecule has 0 fully saturated rings. The van der Waals surface area contributed by atoms with E-state index in [2.05, 4.69) is 44.0 Å². The molecule has 0 aliphatic carbocycles. The Morgan fingerprint density at radius 1 is 1.47 bits per heavy atom. The Morgan fingerprint density at radius 3 is 2.53 bits per heavy atom. The summed E-state index contributed by atoms with van der Waals surface area (Å²) in [5.41, 5.74) is 1.28. The summed E-state index contributed by atoms with van der Waals surface area (Å²) < 4.78 is 0. The van der Waals surface area contributed by atoms with Crippen molar-refractivity contribution in [2.45, 2.75) is 46.2 Å². The van der Waals surface area contributed by atoms with Crippen LogP contribution in [0.25, 0.3) is 0 Å². The zero-order valence-corrected chi connectivity index (χ0v) is 11.8. The Kier molecular flexibility index (Phi) is 4.71. The minimum Gasteiger partial charge on any atom is -0.481 e. The Balaban J connectivity index is 2.71. The van der Waals surface area contributed by atoms with Gasteiger partial charge in [0.2, 0.25) is 0 Å². The van der Waals surface area contributed by atoms with Crippen LogP contribution in [-0.2, 0) is 11.3 Å². The first-order chi connectivity index (χ1) is 7.80. The van der Waals surface area contributed by atoms with Crippen molar-refractivity contribution < 1.29 is 9.90 Å². The third kappa shape index (κ3) is 4.48. The predicted octanol–water partition coefficient (Wildman–Crippen LogP) is 3.13. The van der Waals surface area contributed by atoms with Crippen LogP contribution in [0.1, 0.15) is 37.6 Å². The molecule has 0 saturated carbocycles. The maximum Gasteiger partial charge on any atom is 0.304 e. The summed E-state index contributed by atoms with van der Waals surface area (Å²) in [6.45, 7) is 9.90. The van der Waals surface area contributed by atoms with Gasteiger partial charge in [-0.3, -0.25) is 9.69 Å². The van der Waals surface area contributed by atoms with Gasteiger partial charge < -0.3 is 5.11 Å². The highest BCUT2D eigenvalue weighted by Crippen LogP contribution is 2.23. The lowest BCUT2D eigenvalue weighted by Gasteiger charge is -2.35. The number of carboxylic acid groups (broad SMARTS) is 1. The lowest BCUT2D eigenvalue weighted by atomic mass is 10.1. The van der Waals surface area contributed by atoms with Crippen LogP contribution < -0.4 is 0 Å². The predicted molar refractivity (Wildman–Crippen MR) is 71.5 cm³/mol. The largest absolute Gasteiger partial charge is 0.481 e. The second-order valence-corrected chi connectivity index (χ2v) is 6.26. The lowest BCUT2D eigenvalue weighted by molar-refractivity contribution is -0.137. The fourth-order valence-electron chi connectivity index (χ4n) is 1.62. The van der Waals surface area contributed by atoms with Gasteiger partial charge in [0.1, 0.15) is 0 Å². The molecule has 0 amide bonds. The van der Waals surface area contributed by atoms with Gasteiger partial charge >= 0.3 is 5.97 Å². The van der Waals surface area contributed by atoms with Crippen molar-refractivity contribution in [1.82, 2.24) is 4.90 Å². The number of hydrogen-bond acceptors (Lipinski definition) is 3. The Morgan fingerprint density at radius 2 is 2.12 bits per heavy atom. The summed E-state index contributed by atoms with van der Waals surface area (Å²) in [4.78, 5) is 14.2. The van der Waals surface area contributed by atoms with E-state index in [-0.39, 0.29) is 12.0 Å². The molecule has 0 aromatic carbocycles. The maximum absolute atomic E-state index is 10.7. The van der Waals surface area contributed by atoms with E-state index in [1.165, 1.54) is 10.4 Å². The maximum atomic E-state index is 10.7. The van der Waals surface area contributed by atoms with Crippen LogP contribution in [0.2, 0.25) is 0 Å². The molecule has 0 unspecified atom stereocenters. The Hall–Kier alpha value is -0.870. The summed E-state index contributed by atoms with van der Waals surface area (Å²) >= 11 is 1.74. The van der Waals surface area contributed by atoms with E-state index in [9.17, 15) is 4.79 Å². The molecule has 1 rings (SSSR count). The molecule has 3 nitrogen and oxygen atoms in total. The van der Waals surface area contributed by atoms with E-state index >= 15 is 0 Å². The standard InChI is InChI=1S/C13H21NO2S/c1-10-6-8-17-11(10)9-14(13(2,3)4)7-5-12(15)16/h6,8H,5,7,9H2,1-4H3,(H,15,16). The van der Waals surface area contributed by atoms with Crippen molar-refractivity contribution in [2.24, 2.45) is 0 Å². The SMILES string of the molecule is Cc1ccsc1CN(CCC(=O)O)C(C)(C)C. The van der Waals surface area contributed by atoms with Crippen LogP contribution in [0.3, 0.4) is 0 Å². The Labute approximate surface area is 107 Å². The van der Waals surface area contributed by atoms with Crippen LogP contribution in [0.5, 0.6) is 0 Å². The normalized spacial score (nSPS) is 12.1. The molecule has 0 radical (unpaired) electrons. The monoisotopic (exact) mass is 255 g/mol. The topological polar surface area (TPSA) is 40.5 Å². The smallest absolute Gasteiger partial charge is 0.304 e. The molecule has 0 atom stereocenters. The number of thiophene rings is 1. The molecule has 1 N–H and O–H groups in total. The molecule has 0 aliphatic rings. The summed E-state index contributed by atoms with van der Waals surface area (Å²) in [5, 5.41) is 10.9. The van der Waals surface area contributed by atoms with Crippen molar-refractivity contribution in [3.8, 4) is 0 Å². The molecule has 1 heterocycles. The number of rotatable bonds is 5. The fourth-order valence-corrected chi connectivity index (χ4v) is 2.54. The van der Waals surface area contributed by atoms with Crippen LogP contribution in [0.15, 0.2) is 11.4 Å². The lowest BCUT2D eigenvalue weighted by Crippen LogP contribution is -2.41. The highest BCUT2D eigenvalue weighted by atomic mass is 32.1. The number of aryl methyl sites for hydroxylation is 1. The minimum absolute atomic E-state index is 0.00806. The number of carbonyl (C=O) groups is 1. The van der Waals surface area contributed by atoms with Gasteiger partial charge in [0.05, 0.1) is 6.42 Å². The highest BCUT2D eigenvalue weighted by Gasteiger charge is 2.22. The van der Waals surface area contributed by atoms with Gasteiger partial charge in [0.15, 0.2) is 0 Å². The third-order valence-electron chi connectivity index (χ3n) is 2.85. The van der Waals surface area contributed by atoms with Crippen molar-refractivity contribution in [3.63, 3.8) is 0 Å². The molecular weight excluding hydrogens is 234 g/mol. The van der Waals surface area contributed by atoms with Crippen LogP contribution in [-0.4, -0.2) is 28.1 Å². The van der Waals surface area contributed by atoms with Crippen molar-refractivity contribution in [1.29, 1.82) is 0 Å². The second-order valence-electron chi connectivity index (χ2n) is 5.26. The zero-order valence-electron chi connectivity index (χ0n) is 11.0. The molecule has 0 saturated heterocycles. The molecule has 1 aromatic rings. The van der Waals surface area contributed by atoms with Gasteiger partial charge in [-0.1, -0.05) is 0 Å². The molecule has 17 heavy (non-hydrogen) atoms. The number of aliphatic carboxylic acids is 1. The first-order valence-electron chi connectivity index (χ1n) is 5.80. The number of carboxylic acids is 1. The average Bonchev–Trinajstić information content (AvgIpc) is 2.56. The third-order valence-corrected chi connectivity index (χ3v) is 3.85. The van der Waals surface area contributed by atoms with Gasteiger partial charge in [0, 0.05) is 23.5 Å². The molecule has 96 valence electrons.